The van der Waals surface area contributed by atoms with Crippen molar-refractivity contribution < 1.29 is 0 Å². The number of nitrogens with zero attached hydrogens (tertiary/aromatic N) is 5. The van der Waals surface area contributed by atoms with Gasteiger partial charge in [-0.15, -0.1) is 0 Å². The molecule has 2 N–H and O–H groups in total. The molecule has 0 radical (unpaired) electrons. The van der Waals surface area contributed by atoms with Crippen LogP contribution in [-0.2, 0) is 0 Å². The van der Waals surface area contributed by atoms with E-state index in [2.05, 4.69) is 19.9 Å². The van der Waals surface area contributed by atoms with Gasteiger partial charge in [0.05, 0.1) is 16.9 Å². The second-order valence-corrected chi connectivity index (χ2v) is 8.99. The third kappa shape index (κ3) is 3.21. The van der Waals surface area contributed by atoms with Crippen LogP contribution in [0, 0.1) is 6.92 Å². The molecule has 8 heteroatoms. The quantitative estimate of drug-likeness (QED) is 0.696. The molecule has 3 atom stereocenters. The summed E-state index contributed by atoms with van der Waals surface area (Å²) in [5.41, 5.74) is 8.47. The Kier molecular flexibility index (Phi) is 4.61. The molecule has 2 aliphatic rings. The van der Waals surface area contributed by atoms with Crippen LogP contribution < -0.4 is 10.6 Å². The highest BCUT2D eigenvalue weighted by Gasteiger charge is 2.40. The average molecular weight is 413 g/mol. The van der Waals surface area contributed by atoms with Gasteiger partial charge in [-0.05, 0) is 50.8 Å². The van der Waals surface area contributed by atoms with Gasteiger partial charge in [0, 0.05) is 29.2 Å². The van der Waals surface area contributed by atoms with Crippen molar-refractivity contribution in [1.29, 1.82) is 0 Å². The summed E-state index contributed by atoms with van der Waals surface area (Å²) in [6.45, 7) is 1.90. The molecule has 2 saturated heterocycles. The van der Waals surface area contributed by atoms with Crippen LogP contribution >= 0.6 is 23.4 Å². The van der Waals surface area contributed by atoms with Crippen molar-refractivity contribution in [2.24, 2.45) is 5.73 Å². The normalized spacial score (nSPS) is 24.1. The highest BCUT2D eigenvalue weighted by Crippen LogP contribution is 2.38. The minimum Gasteiger partial charge on any atom is -0.349 e. The number of nitrogens with two attached hydrogens (primary N) is 1. The van der Waals surface area contributed by atoms with Crippen LogP contribution in [0.25, 0.3) is 11.2 Å². The zero-order chi connectivity index (χ0) is 19.3. The molecule has 5 rings (SSSR count). The molecule has 1 unspecified atom stereocenters. The Labute approximate surface area is 172 Å². The van der Waals surface area contributed by atoms with Crippen molar-refractivity contribution in [3.05, 3.63) is 41.3 Å². The Morgan fingerprint density at radius 2 is 1.89 bits per heavy atom. The summed E-state index contributed by atoms with van der Waals surface area (Å²) < 4.78 is 0. The molecular weight excluding hydrogens is 392 g/mol. The third-order valence-electron chi connectivity index (χ3n) is 5.64. The lowest BCUT2D eigenvalue weighted by Crippen LogP contribution is -2.47. The molecule has 2 fully saturated rings. The number of pyridine rings is 2. The standard InChI is InChI=1S/C20H21ClN6S/c1-11-19(21)16(6-7-23-11)28-18-5-4-15-20(26-18)24-10-17(25-15)27-13-2-3-14(27)9-12(22)8-13/h4-7,10,12-14H,2-3,8-9,22H2,1H3/t12?,13-,14+. The number of fused-ring (bicyclic) bond motifs is 3. The minimum atomic E-state index is 0.312. The van der Waals surface area contributed by atoms with E-state index in [-0.39, 0.29) is 0 Å². The fourth-order valence-electron chi connectivity index (χ4n) is 4.37. The molecule has 0 amide bonds. The lowest BCUT2D eigenvalue weighted by atomic mass is 9.98. The van der Waals surface area contributed by atoms with Crippen molar-refractivity contribution in [3.8, 4) is 0 Å². The van der Waals surface area contributed by atoms with E-state index in [0.29, 0.717) is 28.8 Å². The van der Waals surface area contributed by atoms with Crippen LogP contribution in [0.1, 0.15) is 31.4 Å². The lowest BCUT2D eigenvalue weighted by molar-refractivity contribution is 0.412. The number of aromatic nitrogens is 4. The third-order valence-corrected chi connectivity index (χ3v) is 7.23. The fraction of sp³-hybridized carbons (Fsp3) is 0.400. The second kappa shape index (κ2) is 7.13. The number of anilines is 1. The zero-order valence-corrected chi connectivity index (χ0v) is 17.1. The van der Waals surface area contributed by atoms with Crippen LogP contribution in [0.2, 0.25) is 5.02 Å². The summed E-state index contributed by atoms with van der Waals surface area (Å²) in [6.07, 6.45) is 8.08. The molecule has 0 aromatic carbocycles. The summed E-state index contributed by atoms with van der Waals surface area (Å²) >= 11 is 7.87. The Balaban J connectivity index is 1.43. The number of aryl methyl sites for hydroxylation is 1. The van der Waals surface area contributed by atoms with Gasteiger partial charge in [-0.2, -0.15) is 0 Å². The van der Waals surface area contributed by atoms with Crippen LogP contribution in [0.5, 0.6) is 0 Å². The average Bonchev–Trinajstić information content (AvgIpc) is 2.96. The first-order chi connectivity index (χ1) is 13.6. The molecule has 0 saturated carbocycles. The Bertz CT molecular complexity index is 1030. The van der Waals surface area contributed by atoms with Crippen molar-refractivity contribution in [2.45, 2.75) is 60.7 Å². The molecule has 6 nitrogen and oxygen atoms in total. The maximum absolute atomic E-state index is 6.36. The van der Waals surface area contributed by atoms with E-state index in [4.69, 9.17) is 22.3 Å². The molecule has 3 aromatic rings. The van der Waals surface area contributed by atoms with Gasteiger partial charge in [0.25, 0.3) is 0 Å². The Hall–Kier alpha value is -1.96. The van der Waals surface area contributed by atoms with E-state index in [1.807, 2.05) is 31.3 Å². The summed E-state index contributed by atoms with van der Waals surface area (Å²) in [5, 5.41) is 1.50. The van der Waals surface area contributed by atoms with Crippen molar-refractivity contribution in [1.82, 2.24) is 19.9 Å². The van der Waals surface area contributed by atoms with Crippen molar-refractivity contribution in [2.75, 3.05) is 4.90 Å². The van der Waals surface area contributed by atoms with Gasteiger partial charge in [-0.1, -0.05) is 23.4 Å². The highest BCUT2D eigenvalue weighted by molar-refractivity contribution is 7.99. The smallest absolute Gasteiger partial charge is 0.179 e. The van der Waals surface area contributed by atoms with E-state index in [9.17, 15) is 0 Å². The van der Waals surface area contributed by atoms with Gasteiger partial charge < -0.3 is 10.6 Å². The van der Waals surface area contributed by atoms with Crippen LogP contribution in [0.3, 0.4) is 0 Å². The molecule has 28 heavy (non-hydrogen) atoms. The first-order valence-corrected chi connectivity index (χ1v) is 10.7. The number of hydrogen-bond donors (Lipinski definition) is 1. The number of rotatable bonds is 3. The van der Waals surface area contributed by atoms with Crippen LogP contribution in [0.15, 0.2) is 40.5 Å². The first kappa shape index (κ1) is 18.1. The molecule has 2 bridgehead atoms. The van der Waals surface area contributed by atoms with E-state index >= 15 is 0 Å². The number of piperidine rings is 1. The van der Waals surface area contributed by atoms with Crippen molar-refractivity contribution in [3.63, 3.8) is 0 Å². The maximum Gasteiger partial charge on any atom is 0.179 e. The monoisotopic (exact) mass is 412 g/mol. The fourth-order valence-corrected chi connectivity index (χ4v) is 5.46. The molecular formula is C20H21ClN6S. The predicted octanol–water partition coefficient (Wildman–Crippen LogP) is 3.99. The second-order valence-electron chi connectivity index (χ2n) is 7.55. The molecule has 144 valence electrons. The SMILES string of the molecule is Cc1nccc(Sc2ccc3nc(N4[C@@H]5CC[C@H]4CC(N)C5)cnc3n2)c1Cl. The molecule has 5 heterocycles. The van der Waals surface area contributed by atoms with Crippen LogP contribution in [0.4, 0.5) is 5.82 Å². The van der Waals surface area contributed by atoms with Gasteiger partial charge >= 0.3 is 0 Å². The topological polar surface area (TPSA) is 80.8 Å². The van der Waals surface area contributed by atoms with Gasteiger partial charge in [-0.3, -0.25) is 4.98 Å². The van der Waals surface area contributed by atoms with Gasteiger partial charge in [0.1, 0.15) is 16.4 Å². The molecule has 0 aliphatic carbocycles. The van der Waals surface area contributed by atoms with E-state index in [0.717, 1.165) is 39.8 Å². The summed E-state index contributed by atoms with van der Waals surface area (Å²) in [7, 11) is 0. The lowest BCUT2D eigenvalue weighted by Gasteiger charge is -2.38. The van der Waals surface area contributed by atoms with Gasteiger partial charge in [0.15, 0.2) is 5.65 Å². The Morgan fingerprint density at radius 1 is 1.11 bits per heavy atom. The molecule has 2 aliphatic heterocycles. The van der Waals surface area contributed by atoms with Crippen LogP contribution in [-0.4, -0.2) is 38.1 Å². The van der Waals surface area contributed by atoms with E-state index < -0.39 is 0 Å². The maximum atomic E-state index is 6.36. The minimum absolute atomic E-state index is 0.312. The van der Waals surface area contributed by atoms with Gasteiger partial charge in [-0.25, -0.2) is 15.0 Å². The van der Waals surface area contributed by atoms with E-state index in [1.54, 1.807) is 6.20 Å². The summed E-state index contributed by atoms with van der Waals surface area (Å²) in [5.74, 6) is 0.946. The largest absolute Gasteiger partial charge is 0.349 e. The summed E-state index contributed by atoms with van der Waals surface area (Å²) in [4.78, 5) is 21.7. The Morgan fingerprint density at radius 3 is 2.68 bits per heavy atom. The summed E-state index contributed by atoms with van der Waals surface area (Å²) in [6, 6.07) is 7.14. The number of halogens is 1. The van der Waals surface area contributed by atoms with Crippen molar-refractivity contribution >= 4 is 40.3 Å². The van der Waals surface area contributed by atoms with E-state index in [1.165, 1.54) is 24.6 Å². The number of hydrogen-bond acceptors (Lipinski definition) is 7. The first-order valence-electron chi connectivity index (χ1n) is 9.55. The highest BCUT2D eigenvalue weighted by atomic mass is 35.5. The van der Waals surface area contributed by atoms with Gasteiger partial charge in [0.2, 0.25) is 0 Å². The predicted molar refractivity (Wildman–Crippen MR) is 112 cm³/mol. The molecule has 3 aromatic heterocycles. The molecule has 0 spiro atoms. The zero-order valence-electron chi connectivity index (χ0n) is 15.5.